The fourth-order valence-electron chi connectivity index (χ4n) is 4.02. The number of aromatic carboxylic acids is 1. The van der Waals surface area contributed by atoms with Crippen LogP contribution in [0.3, 0.4) is 0 Å². The number of hydrogen-bond acceptors (Lipinski definition) is 6. The van der Waals surface area contributed by atoms with Crippen molar-refractivity contribution in [1.82, 2.24) is 8.54 Å². The molecule has 0 saturated heterocycles. The molecule has 0 saturated carbocycles. The number of carboxylic acids is 1. The van der Waals surface area contributed by atoms with Crippen LogP contribution < -0.4 is 11.3 Å². The van der Waals surface area contributed by atoms with Crippen molar-refractivity contribution in [2.75, 3.05) is 12.0 Å². The summed E-state index contributed by atoms with van der Waals surface area (Å²) in [5.74, 6) is -1.07. The lowest BCUT2D eigenvalue weighted by Gasteiger charge is -2.16. The van der Waals surface area contributed by atoms with E-state index in [9.17, 15) is 27.7 Å². The van der Waals surface area contributed by atoms with Crippen molar-refractivity contribution in [2.45, 2.75) is 17.6 Å². The minimum atomic E-state index is -4.09. The molecule has 3 N–H and O–H groups in total. The van der Waals surface area contributed by atoms with E-state index >= 15 is 0 Å². The van der Waals surface area contributed by atoms with E-state index in [1.165, 1.54) is 49.8 Å². The Labute approximate surface area is 204 Å². The van der Waals surface area contributed by atoms with Crippen LogP contribution in [0.25, 0.3) is 22.0 Å². The van der Waals surface area contributed by atoms with Crippen LogP contribution in [0.2, 0.25) is 0 Å². The fraction of sp³-hybridized carbons (Fsp3) is 0.167. The minimum absolute atomic E-state index is 0.00287. The molecule has 2 aromatic carbocycles. The van der Waals surface area contributed by atoms with Crippen molar-refractivity contribution >= 4 is 43.9 Å². The molecule has 11 heteroatoms. The molecule has 1 unspecified atom stereocenters. The highest BCUT2D eigenvalue weighted by atomic mass is 32.2. The first-order chi connectivity index (χ1) is 16.4. The number of fused-ring (bicyclic) bond motifs is 1. The number of benzene rings is 2. The van der Waals surface area contributed by atoms with E-state index < -0.39 is 32.7 Å². The van der Waals surface area contributed by atoms with Gasteiger partial charge in [0.1, 0.15) is 17.1 Å². The van der Waals surface area contributed by atoms with Gasteiger partial charge >= 0.3 is 5.97 Å². The van der Waals surface area contributed by atoms with Gasteiger partial charge in [-0.25, -0.2) is 17.2 Å². The fourth-order valence-corrected chi connectivity index (χ4v) is 6.05. The van der Waals surface area contributed by atoms with Crippen LogP contribution in [0.15, 0.2) is 64.4 Å². The smallest absolute Gasteiger partial charge is 0.336 e. The Morgan fingerprint density at radius 3 is 2.40 bits per heavy atom. The summed E-state index contributed by atoms with van der Waals surface area (Å²) in [4.78, 5) is 24.9. The quantitative estimate of drug-likeness (QED) is 0.377. The standard InChI is InChI=1S/C24H23N3O6S2/c1-14-4-7-17(8-5-14)35(32,33)27-11-10-19-20(22(25)26(2)23(28)21(19)27)15-6-9-18(24(29)30)16(12-15)13-34(3)31/h4-12H,13,25H2,1-3H3,(H,29,30). The molecule has 0 fully saturated rings. The number of hydrogen-bond donors (Lipinski definition) is 2. The lowest BCUT2D eigenvalue weighted by Crippen LogP contribution is -2.25. The zero-order valence-electron chi connectivity index (χ0n) is 19.2. The van der Waals surface area contributed by atoms with E-state index in [1.54, 1.807) is 18.2 Å². The van der Waals surface area contributed by atoms with Gasteiger partial charge in [0.2, 0.25) is 0 Å². The van der Waals surface area contributed by atoms with Crippen molar-refractivity contribution in [1.29, 1.82) is 0 Å². The first kappa shape index (κ1) is 24.6. The van der Waals surface area contributed by atoms with E-state index in [1.807, 2.05) is 6.92 Å². The summed E-state index contributed by atoms with van der Waals surface area (Å²) in [7, 11) is -2.65. The molecular formula is C24H23N3O6S2. The summed E-state index contributed by atoms with van der Waals surface area (Å²) in [6.07, 6.45) is 2.77. The molecule has 9 nitrogen and oxygen atoms in total. The molecule has 35 heavy (non-hydrogen) atoms. The summed E-state index contributed by atoms with van der Waals surface area (Å²) in [6.45, 7) is 1.84. The molecule has 1 atom stereocenters. The van der Waals surface area contributed by atoms with Crippen molar-refractivity contribution < 1.29 is 22.9 Å². The summed E-state index contributed by atoms with van der Waals surface area (Å²) in [5.41, 5.74) is 7.70. The van der Waals surface area contributed by atoms with E-state index in [0.717, 1.165) is 14.1 Å². The molecule has 0 aliphatic heterocycles. The largest absolute Gasteiger partial charge is 0.616 e. The van der Waals surface area contributed by atoms with Crippen molar-refractivity contribution in [2.24, 2.45) is 7.05 Å². The highest BCUT2D eigenvalue weighted by molar-refractivity contribution is 7.90. The van der Waals surface area contributed by atoms with Gasteiger partial charge in [0.05, 0.1) is 16.7 Å². The van der Waals surface area contributed by atoms with Crippen LogP contribution in [-0.4, -0.2) is 38.8 Å². The number of rotatable bonds is 6. The SMILES string of the molecule is Cc1ccc(S(=O)(=O)n2ccc3c(-c4ccc(C(=O)O)c(C[S+](C)[O-])c4)c(N)n(C)c(=O)c32)cc1. The van der Waals surface area contributed by atoms with Gasteiger partial charge in [-0.05, 0) is 42.8 Å². The Kier molecular flexibility index (Phi) is 6.26. The van der Waals surface area contributed by atoms with Gasteiger partial charge in [0.25, 0.3) is 15.6 Å². The summed E-state index contributed by atoms with van der Waals surface area (Å²) in [6, 6.07) is 12.3. The predicted molar refractivity (Wildman–Crippen MR) is 136 cm³/mol. The third-order valence-electron chi connectivity index (χ3n) is 5.81. The molecule has 0 radical (unpaired) electrons. The average Bonchev–Trinajstić information content (AvgIpc) is 3.23. The molecule has 0 aliphatic rings. The van der Waals surface area contributed by atoms with Gasteiger partial charge in [-0.3, -0.25) is 9.36 Å². The summed E-state index contributed by atoms with van der Waals surface area (Å²) < 4.78 is 40.7. The molecule has 4 rings (SSSR count). The van der Waals surface area contributed by atoms with Crippen LogP contribution in [0.5, 0.6) is 0 Å². The first-order valence-corrected chi connectivity index (χ1v) is 13.6. The Morgan fingerprint density at radius 1 is 1.14 bits per heavy atom. The number of nitrogens with two attached hydrogens (primary N) is 1. The van der Waals surface area contributed by atoms with Gasteiger partial charge in [0.15, 0.2) is 0 Å². The van der Waals surface area contributed by atoms with Gasteiger partial charge in [-0.15, -0.1) is 0 Å². The number of carbonyl (C=O) groups is 1. The second-order valence-corrected chi connectivity index (χ2v) is 11.5. The third kappa shape index (κ3) is 4.22. The van der Waals surface area contributed by atoms with Gasteiger partial charge < -0.3 is 15.4 Å². The van der Waals surface area contributed by atoms with E-state index in [2.05, 4.69) is 0 Å². The number of aromatic nitrogens is 2. The Balaban J connectivity index is 2.02. The van der Waals surface area contributed by atoms with Crippen molar-refractivity contribution in [3.63, 3.8) is 0 Å². The van der Waals surface area contributed by atoms with Gasteiger partial charge in [-0.2, -0.15) is 0 Å². The number of pyridine rings is 1. The number of nitrogen functional groups attached to an aromatic ring is 1. The predicted octanol–water partition coefficient (Wildman–Crippen LogP) is 2.71. The van der Waals surface area contributed by atoms with Crippen molar-refractivity contribution in [3.05, 3.63) is 81.8 Å². The number of nitrogens with zero attached hydrogens (tertiary/aromatic N) is 2. The summed E-state index contributed by atoms with van der Waals surface area (Å²) >= 11 is -1.31. The van der Waals surface area contributed by atoms with Crippen LogP contribution in [-0.2, 0) is 34.0 Å². The molecule has 2 aromatic heterocycles. The number of aryl methyl sites for hydroxylation is 1. The molecule has 182 valence electrons. The number of anilines is 1. The Morgan fingerprint density at radius 2 is 1.80 bits per heavy atom. The van der Waals surface area contributed by atoms with Crippen LogP contribution in [0.4, 0.5) is 5.82 Å². The first-order valence-electron chi connectivity index (χ1n) is 10.4. The van der Waals surface area contributed by atoms with E-state index in [4.69, 9.17) is 5.73 Å². The lowest BCUT2D eigenvalue weighted by molar-refractivity contribution is 0.0696. The molecule has 0 aliphatic carbocycles. The van der Waals surface area contributed by atoms with Crippen molar-refractivity contribution in [3.8, 4) is 11.1 Å². The Hall–Kier alpha value is -3.54. The van der Waals surface area contributed by atoms with E-state index in [-0.39, 0.29) is 27.5 Å². The van der Waals surface area contributed by atoms with Crippen LogP contribution >= 0.6 is 0 Å². The maximum absolute atomic E-state index is 13.4. The maximum Gasteiger partial charge on any atom is 0.336 e. The molecule has 0 amide bonds. The van der Waals surface area contributed by atoms with E-state index in [0.29, 0.717) is 22.1 Å². The zero-order valence-corrected chi connectivity index (χ0v) is 20.8. The average molecular weight is 514 g/mol. The van der Waals surface area contributed by atoms with Crippen LogP contribution in [0, 0.1) is 6.92 Å². The second kappa shape index (κ2) is 8.91. The highest BCUT2D eigenvalue weighted by Gasteiger charge is 2.25. The topological polar surface area (TPSA) is 147 Å². The third-order valence-corrected chi connectivity index (χ3v) is 8.21. The molecular weight excluding hydrogens is 490 g/mol. The van der Waals surface area contributed by atoms with Gasteiger partial charge in [0, 0.05) is 29.8 Å². The monoisotopic (exact) mass is 513 g/mol. The van der Waals surface area contributed by atoms with Gasteiger partial charge in [-0.1, -0.05) is 34.9 Å². The second-order valence-electron chi connectivity index (χ2n) is 8.21. The highest BCUT2D eigenvalue weighted by Crippen LogP contribution is 2.35. The number of carboxylic acid groups (broad SMARTS) is 1. The molecule has 0 spiro atoms. The maximum atomic E-state index is 13.4. The van der Waals surface area contributed by atoms with Crippen LogP contribution in [0.1, 0.15) is 21.5 Å². The lowest BCUT2D eigenvalue weighted by atomic mass is 9.98. The summed E-state index contributed by atoms with van der Waals surface area (Å²) in [5, 5.41) is 9.82. The zero-order chi connectivity index (χ0) is 25.7. The normalized spacial score (nSPS) is 12.7. The Bertz CT molecular complexity index is 1630. The molecule has 2 heterocycles. The molecule has 4 aromatic rings. The molecule has 0 bridgehead atoms. The minimum Gasteiger partial charge on any atom is -0.616 e.